The van der Waals surface area contributed by atoms with Gasteiger partial charge < -0.3 is 19.9 Å². The quantitative estimate of drug-likeness (QED) is 0.780. The van der Waals surface area contributed by atoms with Gasteiger partial charge in [-0.3, -0.25) is 4.79 Å². The summed E-state index contributed by atoms with van der Waals surface area (Å²) in [5.74, 6) is -0.394. The summed E-state index contributed by atoms with van der Waals surface area (Å²) in [6.45, 7) is 3.67. The van der Waals surface area contributed by atoms with Crippen LogP contribution in [0.1, 0.15) is 24.2 Å². The van der Waals surface area contributed by atoms with Gasteiger partial charge in [-0.15, -0.1) is 0 Å². The molecular weight excluding hydrogens is 250 g/mol. The zero-order valence-electron chi connectivity index (χ0n) is 11.1. The van der Waals surface area contributed by atoms with E-state index in [0.29, 0.717) is 18.1 Å². The molecule has 1 rings (SSSR count). The van der Waals surface area contributed by atoms with Crippen LogP contribution in [0.5, 0.6) is 11.5 Å². The predicted octanol–water partition coefficient (Wildman–Crippen LogP) is 1.12. The van der Waals surface area contributed by atoms with Crippen LogP contribution in [0.2, 0.25) is 0 Å². The van der Waals surface area contributed by atoms with Gasteiger partial charge in [0.25, 0.3) is 5.91 Å². The Bertz CT molecular complexity index is 472. The average Bonchev–Trinajstić information content (AvgIpc) is 2.38. The number of esters is 1. The fraction of sp³-hybridized carbons (Fsp3) is 0.385. The SMILES string of the molecule is CCOc1cc(C(=O)OC(C)C(N)=O)ccc1OC. The highest BCUT2D eigenvalue weighted by Gasteiger charge is 2.17. The number of hydrogen-bond acceptors (Lipinski definition) is 5. The van der Waals surface area contributed by atoms with Crippen molar-refractivity contribution in [3.63, 3.8) is 0 Å². The molecule has 6 heteroatoms. The molecule has 104 valence electrons. The Morgan fingerprint density at radius 1 is 1.32 bits per heavy atom. The average molecular weight is 267 g/mol. The van der Waals surface area contributed by atoms with Crippen molar-refractivity contribution < 1.29 is 23.8 Å². The zero-order valence-corrected chi connectivity index (χ0v) is 11.1. The van der Waals surface area contributed by atoms with Crippen molar-refractivity contribution in [2.75, 3.05) is 13.7 Å². The van der Waals surface area contributed by atoms with E-state index in [-0.39, 0.29) is 5.56 Å². The molecule has 0 radical (unpaired) electrons. The van der Waals surface area contributed by atoms with Crippen LogP contribution >= 0.6 is 0 Å². The minimum atomic E-state index is -0.981. The van der Waals surface area contributed by atoms with E-state index in [1.54, 1.807) is 6.07 Å². The molecule has 0 saturated carbocycles. The second-order valence-electron chi connectivity index (χ2n) is 3.75. The van der Waals surface area contributed by atoms with Gasteiger partial charge in [0.2, 0.25) is 0 Å². The number of primary amides is 1. The van der Waals surface area contributed by atoms with Gasteiger partial charge in [-0.2, -0.15) is 0 Å². The standard InChI is InChI=1S/C13H17NO5/c1-4-18-11-7-9(5-6-10(11)17-3)13(16)19-8(2)12(14)15/h5-8H,4H2,1-3H3,(H2,14,15). The predicted molar refractivity (Wildman–Crippen MR) is 68.2 cm³/mol. The van der Waals surface area contributed by atoms with Crippen LogP contribution in [-0.2, 0) is 9.53 Å². The highest BCUT2D eigenvalue weighted by atomic mass is 16.5. The maximum Gasteiger partial charge on any atom is 0.339 e. The molecule has 0 heterocycles. The van der Waals surface area contributed by atoms with Gasteiger partial charge in [0.1, 0.15) is 0 Å². The summed E-state index contributed by atoms with van der Waals surface area (Å²) in [6, 6.07) is 4.62. The van der Waals surface area contributed by atoms with E-state index in [9.17, 15) is 9.59 Å². The normalized spacial score (nSPS) is 11.5. The van der Waals surface area contributed by atoms with Gasteiger partial charge in [-0.25, -0.2) is 4.79 Å². The molecule has 0 aliphatic carbocycles. The third kappa shape index (κ3) is 3.87. The van der Waals surface area contributed by atoms with Crippen molar-refractivity contribution in [1.29, 1.82) is 0 Å². The third-order valence-corrected chi connectivity index (χ3v) is 2.38. The monoisotopic (exact) mass is 267 g/mol. The summed E-state index contributed by atoms with van der Waals surface area (Å²) in [7, 11) is 1.50. The van der Waals surface area contributed by atoms with Crippen molar-refractivity contribution >= 4 is 11.9 Å². The number of ether oxygens (including phenoxy) is 3. The molecular formula is C13H17NO5. The Balaban J connectivity index is 2.91. The molecule has 0 fully saturated rings. The summed E-state index contributed by atoms with van der Waals surface area (Å²) < 4.78 is 15.3. The Labute approximate surface area is 111 Å². The molecule has 0 aliphatic heterocycles. The van der Waals surface area contributed by atoms with E-state index < -0.39 is 18.0 Å². The number of methoxy groups -OCH3 is 1. The Morgan fingerprint density at radius 3 is 2.53 bits per heavy atom. The maximum atomic E-state index is 11.8. The van der Waals surface area contributed by atoms with Crippen LogP contribution in [0.4, 0.5) is 0 Å². The van der Waals surface area contributed by atoms with Crippen LogP contribution < -0.4 is 15.2 Å². The van der Waals surface area contributed by atoms with Crippen LogP contribution in [0.15, 0.2) is 18.2 Å². The molecule has 0 aliphatic rings. The number of rotatable bonds is 6. The van der Waals surface area contributed by atoms with E-state index in [1.807, 2.05) is 6.92 Å². The largest absolute Gasteiger partial charge is 0.493 e. The van der Waals surface area contributed by atoms with Crippen molar-refractivity contribution in [2.24, 2.45) is 5.73 Å². The van der Waals surface area contributed by atoms with Gasteiger partial charge in [-0.05, 0) is 32.0 Å². The molecule has 6 nitrogen and oxygen atoms in total. The van der Waals surface area contributed by atoms with Crippen molar-refractivity contribution in [3.8, 4) is 11.5 Å². The first-order valence-electron chi connectivity index (χ1n) is 5.80. The van der Waals surface area contributed by atoms with Crippen LogP contribution in [0, 0.1) is 0 Å². The summed E-state index contributed by atoms with van der Waals surface area (Å²) in [6.07, 6.45) is -0.981. The molecule has 0 spiro atoms. The number of benzene rings is 1. The first-order valence-corrected chi connectivity index (χ1v) is 5.80. The van der Waals surface area contributed by atoms with Gasteiger partial charge in [0, 0.05) is 0 Å². The first-order chi connectivity index (χ1) is 8.99. The minimum Gasteiger partial charge on any atom is -0.493 e. The summed E-state index contributed by atoms with van der Waals surface area (Å²) in [5, 5.41) is 0. The van der Waals surface area contributed by atoms with Gasteiger partial charge in [0.05, 0.1) is 19.3 Å². The number of nitrogens with two attached hydrogens (primary N) is 1. The lowest BCUT2D eigenvalue weighted by molar-refractivity contribution is -0.125. The van der Waals surface area contributed by atoms with Crippen LogP contribution in [-0.4, -0.2) is 31.7 Å². The zero-order chi connectivity index (χ0) is 14.4. The minimum absolute atomic E-state index is 0.261. The van der Waals surface area contributed by atoms with E-state index in [2.05, 4.69) is 0 Å². The second kappa shape index (κ2) is 6.63. The van der Waals surface area contributed by atoms with Gasteiger partial charge in [0.15, 0.2) is 17.6 Å². The molecule has 1 amide bonds. The molecule has 1 aromatic carbocycles. The lowest BCUT2D eigenvalue weighted by Crippen LogP contribution is -2.30. The lowest BCUT2D eigenvalue weighted by atomic mass is 10.2. The summed E-state index contributed by atoms with van der Waals surface area (Å²) in [4.78, 5) is 22.6. The molecule has 1 unspecified atom stereocenters. The highest BCUT2D eigenvalue weighted by Crippen LogP contribution is 2.28. The van der Waals surface area contributed by atoms with Crippen LogP contribution in [0.25, 0.3) is 0 Å². The van der Waals surface area contributed by atoms with E-state index in [0.717, 1.165) is 0 Å². The third-order valence-electron chi connectivity index (χ3n) is 2.38. The fourth-order valence-electron chi connectivity index (χ4n) is 1.36. The van der Waals surface area contributed by atoms with Crippen LogP contribution in [0.3, 0.4) is 0 Å². The van der Waals surface area contributed by atoms with E-state index in [4.69, 9.17) is 19.9 Å². The summed E-state index contributed by atoms with van der Waals surface area (Å²) >= 11 is 0. The van der Waals surface area contributed by atoms with Gasteiger partial charge in [-0.1, -0.05) is 0 Å². The van der Waals surface area contributed by atoms with Gasteiger partial charge >= 0.3 is 5.97 Å². The smallest absolute Gasteiger partial charge is 0.339 e. The Kier molecular flexibility index (Phi) is 5.17. The maximum absolute atomic E-state index is 11.8. The Morgan fingerprint density at radius 2 is 2.00 bits per heavy atom. The van der Waals surface area contributed by atoms with Crippen molar-refractivity contribution in [1.82, 2.24) is 0 Å². The molecule has 0 aromatic heterocycles. The number of carbonyl (C=O) groups excluding carboxylic acids is 2. The second-order valence-corrected chi connectivity index (χ2v) is 3.75. The number of amides is 1. The van der Waals surface area contributed by atoms with E-state index in [1.165, 1.54) is 26.2 Å². The molecule has 0 bridgehead atoms. The van der Waals surface area contributed by atoms with Crippen molar-refractivity contribution in [3.05, 3.63) is 23.8 Å². The number of hydrogen-bond donors (Lipinski definition) is 1. The van der Waals surface area contributed by atoms with Crippen molar-refractivity contribution in [2.45, 2.75) is 20.0 Å². The molecule has 0 saturated heterocycles. The molecule has 19 heavy (non-hydrogen) atoms. The number of carbonyl (C=O) groups is 2. The molecule has 1 atom stereocenters. The first kappa shape index (κ1) is 14.8. The topological polar surface area (TPSA) is 87.9 Å². The molecule has 2 N–H and O–H groups in total. The lowest BCUT2D eigenvalue weighted by Gasteiger charge is -2.12. The molecule has 1 aromatic rings. The Hall–Kier alpha value is -2.24. The van der Waals surface area contributed by atoms with E-state index >= 15 is 0 Å². The highest BCUT2D eigenvalue weighted by molar-refractivity contribution is 5.92. The summed E-state index contributed by atoms with van der Waals surface area (Å²) in [5.41, 5.74) is 5.29. The fourth-order valence-corrected chi connectivity index (χ4v) is 1.36.